The molecule has 0 N–H and O–H groups in total. The van der Waals surface area contributed by atoms with Crippen molar-refractivity contribution in [3.05, 3.63) is 60.7 Å². The van der Waals surface area contributed by atoms with Gasteiger partial charge in [0, 0.05) is 49.0 Å². The summed E-state index contributed by atoms with van der Waals surface area (Å²) in [5.74, 6) is 1.30. The first-order chi connectivity index (χ1) is 14.3. The van der Waals surface area contributed by atoms with E-state index >= 15 is 0 Å². The second-order valence-electron chi connectivity index (χ2n) is 9.22. The van der Waals surface area contributed by atoms with Gasteiger partial charge in [-0.2, -0.15) is 0 Å². The summed E-state index contributed by atoms with van der Waals surface area (Å²) in [6, 6.07) is 17.8. The van der Waals surface area contributed by atoms with E-state index in [0.29, 0.717) is 12.1 Å². The largest absolute Gasteiger partial charge is 0.326 e. The minimum atomic E-state index is 0.707. The first-order valence-electron chi connectivity index (χ1n) is 11.2. The van der Waals surface area contributed by atoms with E-state index in [4.69, 9.17) is 4.98 Å². The predicted octanol–water partition coefficient (Wildman–Crippen LogP) is 4.90. The molecule has 29 heavy (non-hydrogen) atoms. The van der Waals surface area contributed by atoms with Gasteiger partial charge >= 0.3 is 0 Å². The molecule has 4 aromatic rings. The number of aromatic nitrogens is 3. The molecule has 1 saturated carbocycles. The topological polar surface area (TPSA) is 25.5 Å². The zero-order valence-electron chi connectivity index (χ0n) is 16.7. The smallest absolute Gasteiger partial charge is 0.111 e. The van der Waals surface area contributed by atoms with Crippen molar-refractivity contribution in [1.82, 2.24) is 18.9 Å². The number of pyridine rings is 1. The molecule has 2 fully saturated rings. The Kier molecular flexibility index (Phi) is 3.34. The fourth-order valence-electron chi connectivity index (χ4n) is 6.00. The summed E-state index contributed by atoms with van der Waals surface area (Å²) in [6.45, 7) is 1.12. The Morgan fingerprint density at radius 2 is 1.76 bits per heavy atom. The molecule has 0 radical (unpaired) electrons. The van der Waals surface area contributed by atoms with E-state index in [1.54, 1.807) is 0 Å². The molecule has 4 nitrogen and oxygen atoms in total. The van der Waals surface area contributed by atoms with Gasteiger partial charge in [-0.15, -0.1) is 0 Å². The number of nitrogens with zero attached hydrogens (tertiary/aromatic N) is 4. The molecule has 5 heterocycles. The van der Waals surface area contributed by atoms with Gasteiger partial charge in [-0.25, -0.2) is 4.98 Å². The number of fused-ring (bicyclic) bond motifs is 6. The molecule has 2 aliphatic heterocycles. The van der Waals surface area contributed by atoms with E-state index in [1.807, 2.05) is 0 Å². The third-order valence-electron chi connectivity index (χ3n) is 7.67. The minimum absolute atomic E-state index is 0.707. The first-order valence-corrected chi connectivity index (χ1v) is 11.2. The van der Waals surface area contributed by atoms with Crippen LogP contribution in [0.25, 0.3) is 27.7 Å². The van der Waals surface area contributed by atoms with Crippen molar-refractivity contribution < 1.29 is 0 Å². The van der Waals surface area contributed by atoms with Crippen molar-refractivity contribution in [2.24, 2.45) is 0 Å². The monoisotopic (exact) mass is 382 g/mol. The minimum Gasteiger partial charge on any atom is -0.326 e. The lowest BCUT2D eigenvalue weighted by Gasteiger charge is -2.41. The van der Waals surface area contributed by atoms with Crippen molar-refractivity contribution in [1.29, 1.82) is 0 Å². The molecular formula is C25H26N4. The lowest BCUT2D eigenvalue weighted by Crippen LogP contribution is -2.48. The summed E-state index contributed by atoms with van der Waals surface area (Å²) in [5, 5.41) is 0. The molecule has 0 amide bonds. The maximum Gasteiger partial charge on any atom is 0.111 e. The molecule has 2 bridgehead atoms. The summed E-state index contributed by atoms with van der Waals surface area (Å²) in [7, 11) is 0. The van der Waals surface area contributed by atoms with Gasteiger partial charge in [0.05, 0.1) is 11.0 Å². The van der Waals surface area contributed by atoms with E-state index in [9.17, 15) is 0 Å². The normalized spacial score (nSPS) is 24.7. The van der Waals surface area contributed by atoms with Gasteiger partial charge in [0.15, 0.2) is 0 Å². The molecule has 3 aliphatic rings. The fraction of sp³-hybridized carbons (Fsp3) is 0.400. The molecule has 1 aromatic carbocycles. The molecule has 7 rings (SSSR count). The van der Waals surface area contributed by atoms with E-state index in [2.05, 4.69) is 68.7 Å². The lowest BCUT2D eigenvalue weighted by atomic mass is 9.90. The number of hydrogen-bond donors (Lipinski definition) is 0. The van der Waals surface area contributed by atoms with Gasteiger partial charge in [-0.3, -0.25) is 4.90 Å². The lowest BCUT2D eigenvalue weighted by molar-refractivity contribution is 0.0739. The van der Waals surface area contributed by atoms with Crippen LogP contribution in [0, 0.1) is 0 Å². The summed E-state index contributed by atoms with van der Waals surface area (Å²) >= 11 is 0. The highest BCUT2D eigenvalue weighted by Gasteiger charge is 2.42. The molecule has 2 atom stereocenters. The van der Waals surface area contributed by atoms with Gasteiger partial charge in [0.2, 0.25) is 0 Å². The van der Waals surface area contributed by atoms with E-state index < -0.39 is 0 Å². The number of imidazole rings is 1. The van der Waals surface area contributed by atoms with Crippen LogP contribution in [0.1, 0.15) is 37.9 Å². The van der Waals surface area contributed by atoms with Gasteiger partial charge < -0.3 is 8.97 Å². The molecule has 0 spiro atoms. The van der Waals surface area contributed by atoms with Crippen LogP contribution in [0.2, 0.25) is 0 Å². The summed E-state index contributed by atoms with van der Waals surface area (Å²) in [6.07, 6.45) is 12.4. The van der Waals surface area contributed by atoms with Gasteiger partial charge in [0.25, 0.3) is 0 Å². The zero-order valence-corrected chi connectivity index (χ0v) is 16.7. The van der Waals surface area contributed by atoms with Crippen LogP contribution in [0.3, 0.4) is 0 Å². The Morgan fingerprint density at radius 1 is 0.862 bits per heavy atom. The summed E-state index contributed by atoms with van der Waals surface area (Å²) in [4.78, 5) is 8.02. The molecular weight excluding hydrogens is 356 g/mol. The molecule has 1 saturated heterocycles. The SMILES string of the molecule is c1cc2ccc(-c3ccc4c(c3)nc3n4CC4CCC(C3)N4C3CCC3)cn2c1. The molecule has 2 unspecified atom stereocenters. The fourth-order valence-corrected chi connectivity index (χ4v) is 6.00. The molecule has 3 aromatic heterocycles. The summed E-state index contributed by atoms with van der Waals surface area (Å²) in [5.41, 5.74) is 6.19. The zero-order chi connectivity index (χ0) is 18.9. The van der Waals surface area contributed by atoms with Crippen molar-refractivity contribution in [2.75, 3.05) is 0 Å². The Hall–Kier alpha value is -2.59. The molecule has 146 valence electrons. The quantitative estimate of drug-likeness (QED) is 0.493. The summed E-state index contributed by atoms with van der Waals surface area (Å²) < 4.78 is 4.72. The van der Waals surface area contributed by atoms with E-state index in [1.165, 1.54) is 60.1 Å². The van der Waals surface area contributed by atoms with Crippen molar-refractivity contribution in [2.45, 2.75) is 63.2 Å². The van der Waals surface area contributed by atoms with Crippen LogP contribution in [-0.2, 0) is 13.0 Å². The van der Waals surface area contributed by atoms with Crippen LogP contribution in [0.5, 0.6) is 0 Å². The molecule has 4 heteroatoms. The van der Waals surface area contributed by atoms with Gasteiger partial charge in [0.1, 0.15) is 5.82 Å². The van der Waals surface area contributed by atoms with Crippen LogP contribution in [-0.4, -0.2) is 37.0 Å². The van der Waals surface area contributed by atoms with Crippen molar-refractivity contribution >= 4 is 16.6 Å². The van der Waals surface area contributed by atoms with Crippen LogP contribution in [0.4, 0.5) is 0 Å². The highest BCUT2D eigenvalue weighted by molar-refractivity contribution is 5.83. The first kappa shape index (κ1) is 16.2. The standard InChI is InChI=1S/C25H26N4/c1-3-20(4-1)29-21-9-10-22(29)16-28-24-11-7-17(13-23(24)26-25(28)14-21)18-6-8-19-5-2-12-27(19)15-18/h2,5-8,11-13,15,20-22H,1,3-4,9-10,14,16H2. The Morgan fingerprint density at radius 3 is 2.66 bits per heavy atom. The highest BCUT2D eigenvalue weighted by Crippen LogP contribution is 2.39. The number of hydrogen-bond acceptors (Lipinski definition) is 2. The molecule has 1 aliphatic carbocycles. The number of rotatable bonds is 2. The number of benzene rings is 1. The highest BCUT2D eigenvalue weighted by atomic mass is 15.3. The second kappa shape index (κ2) is 5.96. The maximum atomic E-state index is 5.14. The average molecular weight is 383 g/mol. The van der Waals surface area contributed by atoms with Gasteiger partial charge in [-0.05, 0) is 67.1 Å². The van der Waals surface area contributed by atoms with Crippen LogP contribution < -0.4 is 0 Å². The Balaban J connectivity index is 1.28. The van der Waals surface area contributed by atoms with Crippen LogP contribution in [0.15, 0.2) is 54.9 Å². The van der Waals surface area contributed by atoms with E-state index in [-0.39, 0.29) is 0 Å². The van der Waals surface area contributed by atoms with Crippen molar-refractivity contribution in [3.63, 3.8) is 0 Å². The Labute approximate surface area is 170 Å². The third kappa shape index (κ3) is 2.39. The van der Waals surface area contributed by atoms with Crippen LogP contribution >= 0.6 is 0 Å². The van der Waals surface area contributed by atoms with Gasteiger partial charge in [-0.1, -0.05) is 18.6 Å². The van der Waals surface area contributed by atoms with Crippen molar-refractivity contribution in [3.8, 4) is 11.1 Å². The van der Waals surface area contributed by atoms with E-state index in [0.717, 1.165) is 24.5 Å². The maximum absolute atomic E-state index is 5.14. The predicted molar refractivity (Wildman–Crippen MR) is 116 cm³/mol. The third-order valence-corrected chi connectivity index (χ3v) is 7.67. The second-order valence-corrected chi connectivity index (χ2v) is 9.22. The average Bonchev–Trinajstić information content (AvgIpc) is 3.36. The Bertz CT molecular complexity index is 1230.